The molecule has 26 heavy (non-hydrogen) atoms. The zero-order chi connectivity index (χ0) is 18.4. The van der Waals surface area contributed by atoms with E-state index in [2.05, 4.69) is 10.3 Å². The number of esters is 1. The van der Waals surface area contributed by atoms with E-state index in [9.17, 15) is 9.59 Å². The van der Waals surface area contributed by atoms with Gasteiger partial charge >= 0.3 is 5.97 Å². The Kier molecular flexibility index (Phi) is 5.60. The van der Waals surface area contributed by atoms with Crippen molar-refractivity contribution in [1.29, 1.82) is 0 Å². The number of amides is 1. The lowest BCUT2D eigenvalue weighted by atomic mass is 10.1. The molecule has 0 aliphatic carbocycles. The summed E-state index contributed by atoms with van der Waals surface area (Å²) < 4.78 is 10.6. The quantitative estimate of drug-likeness (QED) is 0.670. The lowest BCUT2D eigenvalue weighted by molar-refractivity contribution is 0.0597. The highest BCUT2D eigenvalue weighted by Crippen LogP contribution is 2.27. The maximum atomic E-state index is 12.4. The van der Waals surface area contributed by atoms with E-state index >= 15 is 0 Å². The molecule has 0 fully saturated rings. The molecule has 2 aromatic heterocycles. The summed E-state index contributed by atoms with van der Waals surface area (Å²) in [5.41, 5.74) is 1.73. The van der Waals surface area contributed by atoms with Crippen molar-refractivity contribution in [2.75, 3.05) is 12.4 Å². The molecule has 3 aromatic rings. The van der Waals surface area contributed by atoms with Gasteiger partial charge in [0.2, 0.25) is 0 Å². The van der Waals surface area contributed by atoms with Gasteiger partial charge in [0.05, 0.1) is 24.6 Å². The minimum atomic E-state index is -0.427. The number of pyridine rings is 1. The number of hydrogen-bond donors (Lipinski definition) is 1. The van der Waals surface area contributed by atoms with Gasteiger partial charge in [-0.05, 0) is 29.6 Å². The number of nitrogens with zero attached hydrogens (tertiary/aromatic N) is 1. The molecule has 7 heteroatoms. The van der Waals surface area contributed by atoms with E-state index in [1.54, 1.807) is 54.2 Å². The maximum absolute atomic E-state index is 12.4. The molecule has 0 saturated carbocycles. The van der Waals surface area contributed by atoms with Gasteiger partial charge in [0.15, 0.2) is 0 Å². The summed E-state index contributed by atoms with van der Waals surface area (Å²) in [5.74, 6) is -0.246. The number of ether oxygens (including phenoxy) is 2. The normalized spacial score (nSPS) is 10.2. The van der Waals surface area contributed by atoms with Crippen molar-refractivity contribution in [3.8, 4) is 5.75 Å². The predicted molar refractivity (Wildman–Crippen MR) is 98.6 cm³/mol. The van der Waals surface area contributed by atoms with Crippen LogP contribution in [-0.4, -0.2) is 24.0 Å². The summed E-state index contributed by atoms with van der Waals surface area (Å²) in [6.45, 7) is 0.148. The average molecular weight is 368 g/mol. The number of rotatable bonds is 6. The summed E-state index contributed by atoms with van der Waals surface area (Å²) in [7, 11) is 1.33. The summed E-state index contributed by atoms with van der Waals surface area (Å²) >= 11 is 1.28. The molecular weight excluding hydrogens is 352 g/mol. The molecule has 0 spiro atoms. The average Bonchev–Trinajstić information content (AvgIpc) is 3.15. The van der Waals surface area contributed by atoms with E-state index in [0.717, 1.165) is 0 Å². The van der Waals surface area contributed by atoms with Crippen molar-refractivity contribution < 1.29 is 19.1 Å². The molecular formula is C19H16N2O4S. The van der Waals surface area contributed by atoms with Crippen molar-refractivity contribution >= 4 is 28.9 Å². The first kappa shape index (κ1) is 17.6. The molecule has 1 aromatic carbocycles. The fourth-order valence-electron chi connectivity index (χ4n) is 2.31. The molecule has 0 radical (unpaired) electrons. The van der Waals surface area contributed by atoms with E-state index in [0.29, 0.717) is 27.4 Å². The second-order valence-corrected chi connectivity index (χ2v) is 6.16. The molecule has 2 heterocycles. The minimum absolute atomic E-state index is 0.148. The Morgan fingerprint density at radius 3 is 2.77 bits per heavy atom. The number of thiophene rings is 1. The Morgan fingerprint density at radius 1 is 1.15 bits per heavy atom. The Bertz CT molecular complexity index is 909. The van der Waals surface area contributed by atoms with Gasteiger partial charge in [-0.25, -0.2) is 4.79 Å². The van der Waals surface area contributed by atoms with Crippen LogP contribution in [0.4, 0.5) is 5.69 Å². The van der Waals surface area contributed by atoms with Gasteiger partial charge in [-0.2, -0.15) is 0 Å². The van der Waals surface area contributed by atoms with Gasteiger partial charge in [-0.1, -0.05) is 18.2 Å². The number of carbonyl (C=O) groups is 2. The van der Waals surface area contributed by atoms with Crippen molar-refractivity contribution in [2.24, 2.45) is 0 Å². The first-order valence-corrected chi connectivity index (χ1v) is 8.65. The van der Waals surface area contributed by atoms with Crippen LogP contribution in [0.1, 0.15) is 25.6 Å². The van der Waals surface area contributed by atoms with Gasteiger partial charge in [0.25, 0.3) is 5.91 Å². The molecule has 0 saturated heterocycles. The van der Waals surface area contributed by atoms with Gasteiger partial charge in [0.1, 0.15) is 17.2 Å². The van der Waals surface area contributed by atoms with Crippen molar-refractivity contribution in [3.05, 3.63) is 76.2 Å². The smallest absolute Gasteiger partial charge is 0.338 e. The third-order valence-electron chi connectivity index (χ3n) is 3.56. The summed E-state index contributed by atoms with van der Waals surface area (Å²) in [6.07, 6.45) is 3.20. The molecule has 0 aliphatic heterocycles. The Balaban J connectivity index is 1.72. The lowest BCUT2D eigenvalue weighted by Crippen LogP contribution is -2.12. The fourth-order valence-corrected chi connectivity index (χ4v) is 3.04. The summed E-state index contributed by atoms with van der Waals surface area (Å²) in [6, 6.07) is 12.3. The van der Waals surface area contributed by atoms with Crippen molar-refractivity contribution in [3.63, 3.8) is 0 Å². The van der Waals surface area contributed by atoms with Crippen molar-refractivity contribution in [1.82, 2.24) is 4.98 Å². The second kappa shape index (κ2) is 8.26. The van der Waals surface area contributed by atoms with Crippen molar-refractivity contribution in [2.45, 2.75) is 6.61 Å². The highest BCUT2D eigenvalue weighted by molar-refractivity contribution is 7.12. The van der Waals surface area contributed by atoms with E-state index in [1.165, 1.54) is 18.4 Å². The van der Waals surface area contributed by atoms with Crippen LogP contribution in [0.25, 0.3) is 0 Å². The van der Waals surface area contributed by atoms with Crippen LogP contribution < -0.4 is 10.1 Å². The SMILES string of the molecule is COC(=O)c1ccccc1COc1ccsc1C(=O)Nc1cccnc1. The Morgan fingerprint density at radius 2 is 2.00 bits per heavy atom. The van der Waals surface area contributed by atoms with Crippen LogP contribution in [-0.2, 0) is 11.3 Å². The van der Waals surface area contributed by atoms with Gasteiger partial charge in [-0.15, -0.1) is 11.3 Å². The molecule has 0 atom stereocenters. The monoisotopic (exact) mass is 368 g/mol. The molecule has 3 rings (SSSR count). The molecule has 1 N–H and O–H groups in total. The van der Waals surface area contributed by atoms with E-state index in [4.69, 9.17) is 9.47 Å². The van der Waals surface area contributed by atoms with E-state index in [1.807, 2.05) is 6.07 Å². The number of aromatic nitrogens is 1. The van der Waals surface area contributed by atoms with Crippen LogP contribution >= 0.6 is 11.3 Å². The molecule has 0 unspecified atom stereocenters. The molecule has 132 valence electrons. The Labute approximate surface area is 154 Å². The zero-order valence-corrected chi connectivity index (χ0v) is 14.8. The topological polar surface area (TPSA) is 77.5 Å². The molecule has 6 nitrogen and oxygen atoms in total. The molecule has 0 bridgehead atoms. The Hall–Kier alpha value is -3.19. The standard InChI is InChI=1S/C19H16N2O4S/c1-24-19(23)15-7-3-2-5-13(15)12-25-16-8-10-26-17(16)18(22)21-14-6-4-9-20-11-14/h2-11H,12H2,1H3,(H,21,22). The fraction of sp³-hybridized carbons (Fsp3) is 0.105. The van der Waals surface area contributed by atoms with Gasteiger partial charge in [-0.3, -0.25) is 9.78 Å². The first-order chi connectivity index (χ1) is 12.7. The van der Waals surface area contributed by atoms with Crippen LogP contribution in [0.2, 0.25) is 0 Å². The van der Waals surface area contributed by atoms with Crippen LogP contribution in [0, 0.1) is 0 Å². The number of nitrogens with one attached hydrogen (secondary N) is 1. The largest absolute Gasteiger partial charge is 0.487 e. The van der Waals surface area contributed by atoms with Crippen LogP contribution in [0.3, 0.4) is 0 Å². The number of anilines is 1. The number of hydrogen-bond acceptors (Lipinski definition) is 6. The van der Waals surface area contributed by atoms with Gasteiger partial charge < -0.3 is 14.8 Å². The highest BCUT2D eigenvalue weighted by atomic mass is 32.1. The third-order valence-corrected chi connectivity index (χ3v) is 4.46. The van der Waals surface area contributed by atoms with Crippen LogP contribution in [0.15, 0.2) is 60.2 Å². The molecule has 0 aliphatic rings. The number of methoxy groups -OCH3 is 1. The van der Waals surface area contributed by atoms with E-state index < -0.39 is 5.97 Å². The second-order valence-electron chi connectivity index (χ2n) is 5.25. The maximum Gasteiger partial charge on any atom is 0.338 e. The number of carbonyl (C=O) groups excluding carboxylic acids is 2. The zero-order valence-electron chi connectivity index (χ0n) is 14.0. The first-order valence-electron chi connectivity index (χ1n) is 7.77. The number of benzene rings is 1. The predicted octanol–water partition coefficient (Wildman–Crippen LogP) is 3.76. The highest BCUT2D eigenvalue weighted by Gasteiger charge is 2.17. The minimum Gasteiger partial charge on any atom is -0.487 e. The summed E-state index contributed by atoms with van der Waals surface area (Å²) in [5, 5.41) is 4.55. The van der Waals surface area contributed by atoms with E-state index in [-0.39, 0.29) is 12.5 Å². The third kappa shape index (κ3) is 4.07. The van der Waals surface area contributed by atoms with Gasteiger partial charge in [0, 0.05) is 11.8 Å². The molecule has 1 amide bonds. The summed E-state index contributed by atoms with van der Waals surface area (Å²) in [4.78, 5) is 28.7. The van der Waals surface area contributed by atoms with Crippen LogP contribution in [0.5, 0.6) is 5.75 Å². The lowest BCUT2D eigenvalue weighted by Gasteiger charge is -2.10.